The number of carbonyl (C=O) groups excluding carboxylic acids is 2. The molecule has 5 rings (SSSR count). The van der Waals surface area contributed by atoms with Gasteiger partial charge in [-0.2, -0.15) is 0 Å². The summed E-state index contributed by atoms with van der Waals surface area (Å²) in [7, 11) is -1.03. The zero-order chi connectivity index (χ0) is 27.6. The van der Waals surface area contributed by atoms with Gasteiger partial charge in [0.25, 0.3) is 0 Å². The van der Waals surface area contributed by atoms with E-state index in [1.54, 1.807) is 24.3 Å². The number of aliphatic hydroxyl groups excluding tert-OH is 1. The molecular formula is C29H38BFO7. The number of rotatable bonds is 5. The molecule has 0 spiro atoms. The van der Waals surface area contributed by atoms with Crippen LogP contribution < -0.4 is 10.2 Å². The number of fused-ring (bicyclic) bond motifs is 1. The van der Waals surface area contributed by atoms with Crippen molar-refractivity contribution in [2.75, 3.05) is 6.61 Å². The lowest BCUT2D eigenvalue weighted by atomic mass is 9.44. The summed E-state index contributed by atoms with van der Waals surface area (Å²) in [5.74, 6) is -1.66. The maximum Gasteiger partial charge on any atom is 0.491 e. The van der Waals surface area contributed by atoms with Crippen LogP contribution in [0.2, 0.25) is 0 Å². The van der Waals surface area contributed by atoms with E-state index in [0.717, 1.165) is 12.0 Å². The molecule has 1 heterocycles. The quantitative estimate of drug-likeness (QED) is 0.344. The van der Waals surface area contributed by atoms with Gasteiger partial charge in [0.2, 0.25) is 0 Å². The number of benzene rings is 1. The minimum absolute atomic E-state index is 0.0108. The van der Waals surface area contributed by atoms with E-state index >= 15 is 4.39 Å². The zero-order valence-corrected chi connectivity index (χ0v) is 22.6. The molecule has 2 bridgehead atoms. The number of Topliss-reactive ketones (excluding diaryl/α,β-unsaturated/α-hetero) is 1. The van der Waals surface area contributed by atoms with Crippen LogP contribution in [0.5, 0.6) is 5.75 Å². The molecule has 206 valence electrons. The molecule has 3 saturated carbocycles. The van der Waals surface area contributed by atoms with Gasteiger partial charge in [0, 0.05) is 16.7 Å². The Morgan fingerprint density at radius 3 is 2.76 bits per heavy atom. The van der Waals surface area contributed by atoms with Gasteiger partial charge in [-0.15, -0.1) is 6.58 Å². The average Bonchev–Trinajstić information content (AvgIpc) is 3.40. The van der Waals surface area contributed by atoms with E-state index in [-0.39, 0.29) is 31.3 Å². The van der Waals surface area contributed by atoms with Crippen LogP contribution in [0, 0.1) is 34.0 Å². The number of esters is 1. The topological polar surface area (TPSA) is 102 Å². The van der Waals surface area contributed by atoms with Gasteiger partial charge in [-0.05, 0) is 66.1 Å². The highest BCUT2D eigenvalue weighted by atomic mass is 19.1. The van der Waals surface area contributed by atoms with Crippen LogP contribution in [0.3, 0.4) is 0 Å². The summed E-state index contributed by atoms with van der Waals surface area (Å²) < 4.78 is 32.2. The highest BCUT2D eigenvalue weighted by Gasteiger charge is 2.70. The van der Waals surface area contributed by atoms with Crippen LogP contribution in [0.25, 0.3) is 0 Å². The minimum Gasteiger partial charge on any atom is -0.482 e. The Bertz CT molecular complexity index is 1140. The van der Waals surface area contributed by atoms with Gasteiger partial charge in [-0.3, -0.25) is 4.79 Å². The monoisotopic (exact) mass is 528 g/mol. The summed E-state index contributed by atoms with van der Waals surface area (Å²) in [6.07, 6.45) is 0.210. The van der Waals surface area contributed by atoms with Crippen molar-refractivity contribution in [3.8, 4) is 5.75 Å². The van der Waals surface area contributed by atoms with Crippen molar-refractivity contribution in [2.24, 2.45) is 34.0 Å². The van der Waals surface area contributed by atoms with E-state index in [2.05, 4.69) is 6.58 Å². The van der Waals surface area contributed by atoms with Gasteiger partial charge in [0.1, 0.15) is 11.9 Å². The molecule has 0 unspecified atom stereocenters. The van der Waals surface area contributed by atoms with Gasteiger partial charge < -0.3 is 24.3 Å². The second-order valence-electron chi connectivity index (χ2n) is 12.5. The first-order valence-electron chi connectivity index (χ1n) is 13.6. The van der Waals surface area contributed by atoms with Crippen LogP contribution in [0.15, 0.2) is 30.9 Å². The highest BCUT2D eigenvalue weighted by Crippen LogP contribution is 2.68. The molecule has 1 aliphatic heterocycles. The lowest BCUT2D eigenvalue weighted by molar-refractivity contribution is -0.207. The van der Waals surface area contributed by atoms with E-state index in [9.17, 15) is 19.7 Å². The van der Waals surface area contributed by atoms with Gasteiger partial charge in [0.15, 0.2) is 18.6 Å². The van der Waals surface area contributed by atoms with Crippen molar-refractivity contribution in [1.82, 2.24) is 0 Å². The largest absolute Gasteiger partial charge is 0.491 e. The minimum atomic E-state index is -1.59. The van der Waals surface area contributed by atoms with Crippen LogP contribution in [0.4, 0.5) is 4.39 Å². The van der Waals surface area contributed by atoms with E-state index < -0.39 is 59.4 Å². The van der Waals surface area contributed by atoms with Crippen molar-refractivity contribution < 1.29 is 38.2 Å². The molecule has 2 N–H and O–H groups in total. The summed E-state index contributed by atoms with van der Waals surface area (Å²) in [5, 5.41) is 21.5. The van der Waals surface area contributed by atoms with Crippen LogP contribution >= 0.6 is 0 Å². The summed E-state index contributed by atoms with van der Waals surface area (Å²) in [6, 6.07) is 5.12. The molecule has 0 saturated heterocycles. The Morgan fingerprint density at radius 1 is 1.32 bits per heavy atom. The first-order valence-corrected chi connectivity index (χ1v) is 13.6. The lowest BCUT2D eigenvalue weighted by Gasteiger charge is -2.61. The second-order valence-corrected chi connectivity index (χ2v) is 12.5. The second kappa shape index (κ2) is 9.45. The zero-order valence-electron chi connectivity index (χ0n) is 22.6. The number of ether oxygens (including phenoxy) is 2. The summed E-state index contributed by atoms with van der Waals surface area (Å²) in [5.41, 5.74) is -0.889. The third-order valence-corrected chi connectivity index (χ3v) is 10.7. The predicted molar refractivity (Wildman–Crippen MR) is 139 cm³/mol. The third kappa shape index (κ3) is 3.96. The molecule has 0 aromatic heterocycles. The molecule has 3 fully saturated rings. The molecule has 4 aliphatic rings. The van der Waals surface area contributed by atoms with Crippen molar-refractivity contribution >= 4 is 24.3 Å². The Hall–Kier alpha value is -2.23. The smallest absolute Gasteiger partial charge is 0.482 e. The number of halogens is 1. The first-order chi connectivity index (χ1) is 17.9. The number of ketones is 1. The molecule has 38 heavy (non-hydrogen) atoms. The van der Waals surface area contributed by atoms with Crippen molar-refractivity contribution in [2.45, 2.75) is 78.4 Å². The number of alkyl halides is 1. The molecule has 1 aromatic rings. The van der Waals surface area contributed by atoms with Gasteiger partial charge in [0.05, 0.1) is 12.7 Å². The number of aliphatic hydroxyl groups is 1. The molecule has 9 atom stereocenters. The first kappa shape index (κ1) is 27.3. The molecule has 1 aromatic carbocycles. The molecule has 0 radical (unpaired) electrons. The normalized spacial score (nSPS) is 42.1. The van der Waals surface area contributed by atoms with Gasteiger partial charge in [-0.25, -0.2) is 9.18 Å². The number of carbonyl (C=O) groups is 2. The van der Waals surface area contributed by atoms with Gasteiger partial charge >= 0.3 is 13.1 Å². The fourth-order valence-corrected chi connectivity index (χ4v) is 8.06. The van der Waals surface area contributed by atoms with Crippen LogP contribution in [-0.4, -0.2) is 54.0 Å². The Morgan fingerprint density at radius 2 is 2.05 bits per heavy atom. The van der Waals surface area contributed by atoms with Gasteiger partial charge in [-0.1, -0.05) is 39.8 Å². The van der Waals surface area contributed by atoms with E-state index in [1.165, 1.54) is 0 Å². The maximum absolute atomic E-state index is 15.2. The SMILES string of the molecule is C=C[C@]1(C)C[C@@H](OC(=O)COc2ccc3c(c2)B(O)OC3)[C@]2(C)[C@H](C)CC[C@]3(C[C@H](F)C(=O)[C@H]32)[C@@H](C)[C@@H]1O. The summed E-state index contributed by atoms with van der Waals surface area (Å²) in [6.45, 7) is 11.7. The van der Waals surface area contributed by atoms with Crippen molar-refractivity contribution in [3.05, 3.63) is 36.4 Å². The predicted octanol–water partition coefficient (Wildman–Crippen LogP) is 3.14. The maximum atomic E-state index is 15.2. The molecule has 3 aliphatic carbocycles. The molecular weight excluding hydrogens is 490 g/mol. The summed E-state index contributed by atoms with van der Waals surface area (Å²) >= 11 is 0. The Labute approximate surface area is 223 Å². The molecule has 9 heteroatoms. The van der Waals surface area contributed by atoms with Crippen LogP contribution in [-0.2, 0) is 25.6 Å². The van der Waals surface area contributed by atoms with E-state index in [1.807, 2.05) is 27.7 Å². The van der Waals surface area contributed by atoms with E-state index in [4.69, 9.17) is 14.1 Å². The third-order valence-electron chi connectivity index (χ3n) is 10.7. The van der Waals surface area contributed by atoms with Crippen molar-refractivity contribution in [1.29, 1.82) is 0 Å². The number of hydrogen-bond donors (Lipinski definition) is 2. The standard InChI is InChI=1S/C29H38BFO7/c1-6-27(4)13-22(38-23(32)15-36-19-8-7-18-14-37-30(35)20(18)11-19)28(5)16(2)9-10-29(17(3)26(27)34)12-21(31)24(33)25(28)29/h6-8,11,16-17,21-22,25-26,34-35H,1,9-10,12-15H2,2-5H3/t16-,17+,21+,22-,25+,26+,27-,28+,29+/m1/s1. The fraction of sp³-hybridized carbons (Fsp3) is 0.655. The van der Waals surface area contributed by atoms with Crippen LogP contribution in [0.1, 0.15) is 58.9 Å². The van der Waals surface area contributed by atoms with Crippen molar-refractivity contribution in [3.63, 3.8) is 0 Å². The lowest BCUT2D eigenvalue weighted by Crippen LogP contribution is -2.63. The summed E-state index contributed by atoms with van der Waals surface area (Å²) in [4.78, 5) is 26.6. The fourth-order valence-electron chi connectivity index (χ4n) is 8.06. The Balaban J connectivity index is 1.45. The Kier molecular flexibility index (Phi) is 6.80. The highest BCUT2D eigenvalue weighted by molar-refractivity contribution is 6.61. The van der Waals surface area contributed by atoms with E-state index in [0.29, 0.717) is 24.2 Å². The number of hydrogen-bond acceptors (Lipinski definition) is 7. The molecule has 7 nitrogen and oxygen atoms in total. The molecule has 0 amide bonds. The average molecular weight is 528 g/mol.